The summed E-state index contributed by atoms with van der Waals surface area (Å²) in [7, 11) is 1.73. The quantitative estimate of drug-likeness (QED) is 0.907. The van der Waals surface area contributed by atoms with Crippen LogP contribution in [0, 0.1) is 0 Å². The average molecular weight is 315 g/mol. The lowest BCUT2D eigenvalue weighted by molar-refractivity contribution is 0.0360. The third-order valence-electron chi connectivity index (χ3n) is 5.10. The van der Waals surface area contributed by atoms with Crippen LogP contribution in [0.15, 0.2) is 18.2 Å². The summed E-state index contributed by atoms with van der Waals surface area (Å²) in [6.45, 7) is 6.03. The molecule has 0 spiro atoms. The van der Waals surface area contributed by atoms with E-state index in [1.54, 1.807) is 7.11 Å². The average Bonchev–Trinajstić information content (AvgIpc) is 2.99. The molecular formula is C18H25N3O2. The molecule has 0 bridgehead atoms. The van der Waals surface area contributed by atoms with Crippen molar-refractivity contribution in [3.63, 3.8) is 0 Å². The number of benzene rings is 1. The first-order valence-electron chi connectivity index (χ1n) is 8.57. The Bertz CT molecular complexity index is 676. The number of methoxy groups -OCH3 is 1. The topological polar surface area (TPSA) is 49.5 Å². The lowest BCUT2D eigenvalue weighted by Gasteiger charge is -2.30. The Morgan fingerprint density at radius 3 is 3.00 bits per heavy atom. The number of nitrogens with zero attached hydrogens (tertiary/aromatic N) is 1. The number of hydrogen-bond donors (Lipinski definition) is 2. The monoisotopic (exact) mass is 315 g/mol. The van der Waals surface area contributed by atoms with E-state index in [0.717, 1.165) is 58.0 Å². The molecule has 2 aliphatic rings. The molecule has 2 N–H and O–H groups in total. The van der Waals surface area contributed by atoms with Gasteiger partial charge in [-0.05, 0) is 43.1 Å². The molecule has 0 aliphatic carbocycles. The molecule has 0 amide bonds. The van der Waals surface area contributed by atoms with Gasteiger partial charge in [-0.3, -0.25) is 4.90 Å². The number of hydrogen-bond acceptors (Lipinski definition) is 4. The van der Waals surface area contributed by atoms with Gasteiger partial charge in [0.1, 0.15) is 5.75 Å². The minimum Gasteiger partial charge on any atom is -0.497 e. The highest BCUT2D eigenvalue weighted by molar-refractivity contribution is 5.86. The van der Waals surface area contributed by atoms with Gasteiger partial charge in [-0.15, -0.1) is 0 Å². The maximum Gasteiger partial charge on any atom is 0.119 e. The Hall–Kier alpha value is -1.56. The number of morpholine rings is 1. The van der Waals surface area contributed by atoms with Crippen LogP contribution in [0.25, 0.3) is 10.9 Å². The first kappa shape index (κ1) is 15.0. The normalized spacial score (nSPS) is 22.2. The van der Waals surface area contributed by atoms with E-state index in [1.165, 1.54) is 22.2 Å². The number of rotatable bonds is 4. The smallest absolute Gasteiger partial charge is 0.119 e. The van der Waals surface area contributed by atoms with Crippen molar-refractivity contribution >= 4 is 10.9 Å². The third-order valence-corrected chi connectivity index (χ3v) is 5.10. The fourth-order valence-corrected chi connectivity index (χ4v) is 3.80. The van der Waals surface area contributed by atoms with Crippen molar-refractivity contribution < 1.29 is 9.47 Å². The van der Waals surface area contributed by atoms with E-state index in [0.29, 0.717) is 6.04 Å². The molecule has 124 valence electrons. The van der Waals surface area contributed by atoms with Crippen LogP contribution in [0.5, 0.6) is 5.75 Å². The van der Waals surface area contributed by atoms with Crippen LogP contribution < -0.4 is 10.1 Å². The van der Waals surface area contributed by atoms with Crippen LogP contribution in [0.4, 0.5) is 0 Å². The van der Waals surface area contributed by atoms with Crippen molar-refractivity contribution in [1.29, 1.82) is 0 Å². The van der Waals surface area contributed by atoms with E-state index in [1.807, 2.05) is 6.07 Å². The number of H-pyrrole nitrogens is 1. The highest BCUT2D eigenvalue weighted by Crippen LogP contribution is 2.33. The van der Waals surface area contributed by atoms with E-state index in [9.17, 15) is 0 Å². The van der Waals surface area contributed by atoms with Gasteiger partial charge >= 0.3 is 0 Å². The van der Waals surface area contributed by atoms with Gasteiger partial charge in [0, 0.05) is 42.3 Å². The van der Waals surface area contributed by atoms with Crippen molar-refractivity contribution in [3.8, 4) is 5.75 Å². The van der Waals surface area contributed by atoms with Crippen molar-refractivity contribution in [2.75, 3.05) is 46.5 Å². The summed E-state index contributed by atoms with van der Waals surface area (Å²) in [5, 5.41) is 5.00. The number of ether oxygens (including phenoxy) is 2. The number of aromatic amines is 1. The Balaban J connectivity index is 1.55. The second kappa shape index (κ2) is 6.51. The summed E-state index contributed by atoms with van der Waals surface area (Å²) in [5.74, 6) is 0.933. The van der Waals surface area contributed by atoms with Gasteiger partial charge in [-0.25, -0.2) is 0 Å². The van der Waals surface area contributed by atoms with Crippen LogP contribution in [-0.2, 0) is 11.2 Å². The Labute approximate surface area is 136 Å². The van der Waals surface area contributed by atoms with Gasteiger partial charge in [-0.1, -0.05) is 0 Å². The molecule has 0 saturated carbocycles. The molecule has 5 nitrogen and oxygen atoms in total. The summed E-state index contributed by atoms with van der Waals surface area (Å²) in [4.78, 5) is 6.15. The Kier molecular flexibility index (Phi) is 4.25. The van der Waals surface area contributed by atoms with Gasteiger partial charge in [-0.2, -0.15) is 0 Å². The van der Waals surface area contributed by atoms with Crippen LogP contribution >= 0.6 is 0 Å². The fourth-order valence-electron chi connectivity index (χ4n) is 3.80. The van der Waals surface area contributed by atoms with Gasteiger partial charge in [0.05, 0.1) is 20.3 Å². The van der Waals surface area contributed by atoms with Gasteiger partial charge in [0.25, 0.3) is 0 Å². The molecule has 1 atom stereocenters. The first-order chi connectivity index (χ1) is 11.3. The van der Waals surface area contributed by atoms with E-state index in [2.05, 4.69) is 27.3 Å². The van der Waals surface area contributed by atoms with Crippen LogP contribution in [0.3, 0.4) is 0 Å². The third kappa shape index (κ3) is 2.96. The summed E-state index contributed by atoms with van der Waals surface area (Å²) >= 11 is 0. The molecule has 1 fully saturated rings. The molecule has 3 heterocycles. The molecule has 1 aromatic heterocycles. The van der Waals surface area contributed by atoms with Crippen LogP contribution in [-0.4, -0.2) is 56.4 Å². The zero-order chi connectivity index (χ0) is 15.6. The minimum absolute atomic E-state index is 0.417. The second-order valence-corrected chi connectivity index (χ2v) is 6.43. The molecule has 23 heavy (non-hydrogen) atoms. The predicted molar refractivity (Wildman–Crippen MR) is 91.2 cm³/mol. The van der Waals surface area contributed by atoms with E-state index >= 15 is 0 Å². The van der Waals surface area contributed by atoms with Crippen molar-refractivity contribution in [3.05, 3.63) is 29.5 Å². The second-order valence-electron chi connectivity index (χ2n) is 6.43. The molecule has 0 unspecified atom stereocenters. The van der Waals surface area contributed by atoms with Crippen molar-refractivity contribution in [1.82, 2.24) is 15.2 Å². The minimum atomic E-state index is 0.417. The Morgan fingerprint density at radius 2 is 2.17 bits per heavy atom. The first-order valence-corrected chi connectivity index (χ1v) is 8.57. The van der Waals surface area contributed by atoms with E-state index in [4.69, 9.17) is 9.47 Å². The van der Waals surface area contributed by atoms with Crippen LogP contribution in [0.2, 0.25) is 0 Å². The van der Waals surface area contributed by atoms with E-state index in [-0.39, 0.29) is 0 Å². The number of aromatic nitrogens is 1. The van der Waals surface area contributed by atoms with Crippen molar-refractivity contribution in [2.24, 2.45) is 0 Å². The summed E-state index contributed by atoms with van der Waals surface area (Å²) in [6.07, 6.45) is 2.22. The lowest BCUT2D eigenvalue weighted by Crippen LogP contribution is -2.39. The fraction of sp³-hybridized carbons (Fsp3) is 0.556. The van der Waals surface area contributed by atoms with Gasteiger partial charge < -0.3 is 19.8 Å². The number of fused-ring (bicyclic) bond motifs is 3. The molecule has 5 heteroatoms. The standard InChI is InChI=1S/C18H25N3O2/c1-22-13-2-3-16-15(12-13)14-4-6-19-17(18(14)20-16)5-7-21-8-10-23-11-9-21/h2-3,12,17,19-20H,4-11H2,1H3/t17-/m0/s1. The highest BCUT2D eigenvalue weighted by atomic mass is 16.5. The van der Waals surface area contributed by atoms with Gasteiger partial charge in [0.2, 0.25) is 0 Å². The summed E-state index contributed by atoms with van der Waals surface area (Å²) in [5.41, 5.74) is 4.05. The molecular weight excluding hydrogens is 290 g/mol. The molecule has 1 saturated heterocycles. The summed E-state index contributed by atoms with van der Waals surface area (Å²) in [6, 6.07) is 6.74. The largest absolute Gasteiger partial charge is 0.497 e. The zero-order valence-corrected chi connectivity index (χ0v) is 13.7. The van der Waals surface area contributed by atoms with E-state index < -0.39 is 0 Å². The molecule has 4 rings (SSSR count). The SMILES string of the molecule is COc1ccc2[nH]c3c(c2c1)CCN[C@H]3CCN1CCOCC1. The molecule has 2 aromatic rings. The molecule has 1 aromatic carbocycles. The zero-order valence-electron chi connectivity index (χ0n) is 13.7. The molecule has 0 radical (unpaired) electrons. The summed E-state index contributed by atoms with van der Waals surface area (Å²) < 4.78 is 10.8. The predicted octanol–water partition coefficient (Wildman–Crippen LogP) is 2.09. The Morgan fingerprint density at radius 1 is 1.30 bits per heavy atom. The van der Waals surface area contributed by atoms with Gasteiger partial charge in [0.15, 0.2) is 0 Å². The maximum absolute atomic E-state index is 5.43. The van der Waals surface area contributed by atoms with Crippen LogP contribution in [0.1, 0.15) is 23.7 Å². The van der Waals surface area contributed by atoms with Crippen molar-refractivity contribution in [2.45, 2.75) is 18.9 Å². The number of nitrogens with one attached hydrogen (secondary N) is 2. The maximum atomic E-state index is 5.43. The molecule has 2 aliphatic heterocycles. The lowest BCUT2D eigenvalue weighted by atomic mass is 9.97. The highest BCUT2D eigenvalue weighted by Gasteiger charge is 2.24.